The zero-order valence-corrected chi connectivity index (χ0v) is 14.8. The summed E-state index contributed by atoms with van der Waals surface area (Å²) < 4.78 is 51.8. The number of pyridine rings is 1. The molecule has 152 valence electrons. The van der Waals surface area contributed by atoms with Crippen LogP contribution in [0.2, 0.25) is 0 Å². The van der Waals surface area contributed by atoms with Crippen LogP contribution in [0.1, 0.15) is 11.1 Å². The predicted molar refractivity (Wildman–Crippen MR) is 94.8 cm³/mol. The van der Waals surface area contributed by atoms with Gasteiger partial charge in [-0.1, -0.05) is 6.07 Å². The van der Waals surface area contributed by atoms with E-state index in [1.165, 1.54) is 19.4 Å². The fourth-order valence-electron chi connectivity index (χ4n) is 2.58. The number of nitrogen functional groups attached to an aromatic ring is 1. The van der Waals surface area contributed by atoms with E-state index in [2.05, 4.69) is 20.5 Å². The zero-order chi connectivity index (χ0) is 21.3. The Morgan fingerprint density at radius 2 is 2.00 bits per heavy atom. The number of rotatable bonds is 3. The third-order valence-electron chi connectivity index (χ3n) is 4.09. The number of carbonyl (C=O) groups is 2. The lowest BCUT2D eigenvalue weighted by atomic mass is 10.1. The van der Waals surface area contributed by atoms with E-state index < -0.39 is 35.9 Å². The molecule has 0 saturated heterocycles. The second-order valence-corrected chi connectivity index (χ2v) is 6.14. The molecule has 0 atom stereocenters. The number of alkyl halides is 3. The molecule has 4 N–H and O–H groups in total. The minimum absolute atomic E-state index is 0.152. The number of benzene rings is 1. The van der Waals surface area contributed by atoms with Gasteiger partial charge in [-0.25, -0.2) is 9.37 Å². The highest BCUT2D eigenvalue weighted by atomic mass is 19.4. The van der Waals surface area contributed by atoms with Gasteiger partial charge in [0.15, 0.2) is 0 Å². The van der Waals surface area contributed by atoms with Crippen LogP contribution >= 0.6 is 0 Å². The molecule has 29 heavy (non-hydrogen) atoms. The second-order valence-electron chi connectivity index (χ2n) is 6.14. The van der Waals surface area contributed by atoms with E-state index in [0.717, 1.165) is 11.0 Å². The summed E-state index contributed by atoms with van der Waals surface area (Å²) in [6.45, 7) is -0.407. The molecule has 2 aromatic heterocycles. The Kier molecular flexibility index (Phi) is 5.10. The van der Waals surface area contributed by atoms with Crippen molar-refractivity contribution in [2.75, 3.05) is 18.1 Å². The Balaban J connectivity index is 1.72. The van der Waals surface area contributed by atoms with E-state index in [1.54, 1.807) is 0 Å². The first-order chi connectivity index (χ1) is 13.6. The lowest BCUT2D eigenvalue weighted by molar-refractivity contribution is -0.142. The van der Waals surface area contributed by atoms with Crippen molar-refractivity contribution in [3.63, 3.8) is 0 Å². The average molecular weight is 410 g/mol. The Morgan fingerprint density at radius 3 is 2.66 bits per heavy atom. The number of amides is 2. The number of aromatic amines is 1. The number of likely N-dealkylation sites (N-methyl/N-ethyl adjacent to an activating group) is 1. The van der Waals surface area contributed by atoms with Crippen molar-refractivity contribution in [3.8, 4) is 0 Å². The standard InChI is InChI=1S/C17H14F4N6O2/c1-27(7-8-2-3-9(4-11(8)18)17(19,20)21)16(29)15(28)25-12-6-23-14(22)10-5-24-26-13(10)12/h2-6H,7H2,1H3,(H2,22,23)(H,24,26)(H,25,28). The number of nitrogens with two attached hydrogens (primary N) is 1. The lowest BCUT2D eigenvalue weighted by Gasteiger charge is -2.18. The molecular weight excluding hydrogens is 396 g/mol. The molecule has 3 rings (SSSR count). The molecule has 0 aliphatic carbocycles. The van der Waals surface area contributed by atoms with Crippen molar-refractivity contribution in [1.82, 2.24) is 20.1 Å². The Morgan fingerprint density at radius 1 is 1.28 bits per heavy atom. The van der Waals surface area contributed by atoms with Gasteiger partial charge in [0.25, 0.3) is 0 Å². The molecule has 2 amide bonds. The van der Waals surface area contributed by atoms with Crippen molar-refractivity contribution < 1.29 is 27.2 Å². The summed E-state index contributed by atoms with van der Waals surface area (Å²) in [5.74, 6) is -3.05. The summed E-state index contributed by atoms with van der Waals surface area (Å²) in [5.41, 5.74) is 4.87. The third-order valence-corrected chi connectivity index (χ3v) is 4.09. The number of halogens is 4. The molecule has 0 aliphatic heterocycles. The molecule has 0 bridgehead atoms. The van der Waals surface area contributed by atoms with E-state index in [4.69, 9.17) is 5.73 Å². The van der Waals surface area contributed by atoms with Gasteiger partial charge in [0.2, 0.25) is 0 Å². The number of nitrogens with one attached hydrogen (secondary N) is 2. The quantitative estimate of drug-likeness (QED) is 0.453. The van der Waals surface area contributed by atoms with Crippen molar-refractivity contribution in [2.24, 2.45) is 0 Å². The molecule has 0 unspecified atom stereocenters. The van der Waals surface area contributed by atoms with Crippen LogP contribution in [0.4, 0.5) is 29.1 Å². The highest BCUT2D eigenvalue weighted by Gasteiger charge is 2.31. The smallest absolute Gasteiger partial charge is 0.383 e. The van der Waals surface area contributed by atoms with Gasteiger partial charge in [-0.3, -0.25) is 14.7 Å². The SMILES string of the molecule is CN(Cc1ccc(C(F)(F)F)cc1F)C(=O)C(=O)Nc1cnc(N)c2cn[nH]c12. The van der Waals surface area contributed by atoms with Gasteiger partial charge in [0.1, 0.15) is 11.6 Å². The first-order valence-corrected chi connectivity index (χ1v) is 8.07. The van der Waals surface area contributed by atoms with Gasteiger partial charge in [0.05, 0.1) is 34.5 Å². The van der Waals surface area contributed by atoms with Crippen molar-refractivity contribution in [2.45, 2.75) is 12.7 Å². The molecular formula is C17H14F4N6O2. The summed E-state index contributed by atoms with van der Waals surface area (Å²) in [7, 11) is 1.21. The van der Waals surface area contributed by atoms with Crippen molar-refractivity contribution in [3.05, 3.63) is 47.5 Å². The summed E-state index contributed by atoms with van der Waals surface area (Å²) in [6, 6.07) is 1.95. The summed E-state index contributed by atoms with van der Waals surface area (Å²) >= 11 is 0. The molecule has 8 nitrogen and oxygen atoms in total. The Labute approximate surface area is 160 Å². The fourth-order valence-corrected chi connectivity index (χ4v) is 2.58. The van der Waals surface area contributed by atoms with Crippen molar-refractivity contribution >= 4 is 34.2 Å². The summed E-state index contributed by atoms with van der Waals surface area (Å²) in [5, 5.41) is 9.19. The number of aromatic nitrogens is 3. The molecule has 0 spiro atoms. The van der Waals surface area contributed by atoms with Crippen LogP contribution in [0.5, 0.6) is 0 Å². The third kappa shape index (κ3) is 4.10. The van der Waals surface area contributed by atoms with Crippen LogP contribution in [-0.4, -0.2) is 38.9 Å². The van der Waals surface area contributed by atoms with Crippen LogP contribution in [0.15, 0.2) is 30.6 Å². The highest BCUT2D eigenvalue weighted by molar-refractivity contribution is 6.40. The monoisotopic (exact) mass is 410 g/mol. The van der Waals surface area contributed by atoms with E-state index in [9.17, 15) is 27.2 Å². The minimum Gasteiger partial charge on any atom is -0.383 e. The van der Waals surface area contributed by atoms with Crippen molar-refractivity contribution in [1.29, 1.82) is 0 Å². The maximum absolute atomic E-state index is 14.0. The van der Waals surface area contributed by atoms with Crippen LogP contribution in [0.25, 0.3) is 10.9 Å². The molecule has 1 aromatic carbocycles. The van der Waals surface area contributed by atoms with Crippen LogP contribution in [0.3, 0.4) is 0 Å². The average Bonchev–Trinajstić information content (AvgIpc) is 3.15. The van der Waals surface area contributed by atoms with E-state index >= 15 is 0 Å². The number of hydrogen-bond acceptors (Lipinski definition) is 5. The molecule has 0 fully saturated rings. The number of H-pyrrole nitrogens is 1. The molecule has 3 aromatic rings. The molecule has 0 radical (unpaired) electrons. The molecule has 0 saturated carbocycles. The Bertz CT molecular complexity index is 1100. The Hall–Kier alpha value is -3.70. The number of nitrogens with zero attached hydrogens (tertiary/aromatic N) is 3. The number of carbonyl (C=O) groups excluding carboxylic acids is 2. The normalized spacial score (nSPS) is 11.5. The van der Waals surface area contributed by atoms with E-state index in [0.29, 0.717) is 23.0 Å². The van der Waals surface area contributed by atoms with Crippen LogP contribution < -0.4 is 11.1 Å². The summed E-state index contributed by atoms with van der Waals surface area (Å²) in [4.78, 5) is 29.2. The number of hydrogen-bond donors (Lipinski definition) is 3. The topological polar surface area (TPSA) is 117 Å². The first-order valence-electron chi connectivity index (χ1n) is 8.07. The molecule has 2 heterocycles. The number of anilines is 2. The largest absolute Gasteiger partial charge is 0.416 e. The summed E-state index contributed by atoms with van der Waals surface area (Å²) in [6.07, 6.45) is -2.06. The van der Waals surface area contributed by atoms with Gasteiger partial charge >= 0.3 is 18.0 Å². The maximum atomic E-state index is 14.0. The van der Waals surface area contributed by atoms with E-state index in [1.807, 2.05) is 0 Å². The van der Waals surface area contributed by atoms with Gasteiger partial charge in [-0.2, -0.15) is 18.3 Å². The van der Waals surface area contributed by atoms with Crippen LogP contribution in [0, 0.1) is 5.82 Å². The lowest BCUT2D eigenvalue weighted by Crippen LogP contribution is -2.37. The zero-order valence-electron chi connectivity index (χ0n) is 14.8. The second kappa shape index (κ2) is 7.37. The molecule has 0 aliphatic rings. The number of fused-ring (bicyclic) bond motifs is 1. The highest BCUT2D eigenvalue weighted by Crippen LogP contribution is 2.30. The van der Waals surface area contributed by atoms with Crippen LogP contribution in [-0.2, 0) is 22.3 Å². The minimum atomic E-state index is -4.69. The van der Waals surface area contributed by atoms with Gasteiger partial charge < -0.3 is 16.0 Å². The van der Waals surface area contributed by atoms with Gasteiger partial charge in [-0.05, 0) is 12.1 Å². The van der Waals surface area contributed by atoms with E-state index in [-0.39, 0.29) is 17.1 Å². The van der Waals surface area contributed by atoms with Gasteiger partial charge in [0, 0.05) is 19.2 Å². The first kappa shape index (κ1) is 20.0. The fraction of sp³-hybridized carbons (Fsp3) is 0.176. The van der Waals surface area contributed by atoms with Gasteiger partial charge in [-0.15, -0.1) is 0 Å². The maximum Gasteiger partial charge on any atom is 0.416 e. The molecule has 12 heteroatoms. The predicted octanol–water partition coefficient (Wildman–Crippen LogP) is 2.30.